The number of aromatic amines is 1. The summed E-state index contributed by atoms with van der Waals surface area (Å²) in [7, 11) is 1.33. The number of aryl methyl sites for hydroxylation is 1. The second-order valence-corrected chi connectivity index (χ2v) is 3.58. The second kappa shape index (κ2) is 4.78. The van der Waals surface area contributed by atoms with Crippen LogP contribution >= 0.6 is 0 Å². The number of aromatic nitrogens is 2. The molecular weight excluding hydrogens is 220 g/mol. The zero-order valence-electron chi connectivity index (χ0n) is 9.40. The van der Waals surface area contributed by atoms with Gasteiger partial charge in [0.1, 0.15) is 17.6 Å². The van der Waals surface area contributed by atoms with Gasteiger partial charge in [0.25, 0.3) is 0 Å². The third kappa shape index (κ3) is 2.18. The Bertz CT molecular complexity index is 560. The van der Waals surface area contributed by atoms with Crippen LogP contribution in [-0.2, 0) is 16.0 Å². The highest BCUT2D eigenvalue weighted by Gasteiger charge is 2.13. The number of ether oxygens (including phenoxy) is 1. The van der Waals surface area contributed by atoms with E-state index >= 15 is 0 Å². The summed E-state index contributed by atoms with van der Waals surface area (Å²) in [6.07, 6.45) is 1.79. The van der Waals surface area contributed by atoms with Crippen molar-refractivity contribution < 1.29 is 14.3 Å². The van der Waals surface area contributed by atoms with Gasteiger partial charge < -0.3 is 14.5 Å². The maximum atomic E-state index is 11.5. The smallest absolute Gasteiger partial charge is 0.340 e. The molecule has 0 atom stereocenters. The predicted octanol–water partition coefficient (Wildman–Crippen LogP) is 1.48. The van der Waals surface area contributed by atoms with Crippen LogP contribution in [0.25, 0.3) is 11.0 Å². The molecule has 0 aliphatic heterocycles. The lowest BCUT2D eigenvalue weighted by molar-refractivity contribution is -0.107. The van der Waals surface area contributed by atoms with Crippen molar-refractivity contribution >= 4 is 23.3 Å². The lowest BCUT2D eigenvalue weighted by Gasteiger charge is -1.98. The third-order valence-electron chi connectivity index (χ3n) is 2.47. The fourth-order valence-electron chi connectivity index (χ4n) is 1.67. The summed E-state index contributed by atoms with van der Waals surface area (Å²) in [6.45, 7) is 0. The van der Waals surface area contributed by atoms with Crippen LogP contribution in [0.15, 0.2) is 18.2 Å². The molecule has 0 spiro atoms. The number of hydrogen-bond donors (Lipinski definition) is 1. The van der Waals surface area contributed by atoms with Crippen molar-refractivity contribution in [3.8, 4) is 0 Å². The van der Waals surface area contributed by atoms with Crippen molar-refractivity contribution in [2.45, 2.75) is 12.8 Å². The van der Waals surface area contributed by atoms with Crippen LogP contribution in [0.5, 0.6) is 0 Å². The van der Waals surface area contributed by atoms with Crippen LogP contribution < -0.4 is 0 Å². The largest absolute Gasteiger partial charge is 0.465 e. The first-order valence-electron chi connectivity index (χ1n) is 5.26. The Balaban J connectivity index is 2.45. The van der Waals surface area contributed by atoms with Gasteiger partial charge in [-0.15, -0.1) is 0 Å². The first-order chi connectivity index (χ1) is 8.26. The quantitative estimate of drug-likeness (QED) is 0.640. The SMILES string of the molecule is COC(=O)c1cccc2[nH]c(CCC=O)nc12. The number of nitrogens with zero attached hydrogens (tertiary/aromatic N) is 1. The molecule has 88 valence electrons. The van der Waals surface area contributed by atoms with Gasteiger partial charge in [-0.2, -0.15) is 0 Å². The van der Waals surface area contributed by atoms with Crippen LogP contribution in [0.4, 0.5) is 0 Å². The van der Waals surface area contributed by atoms with Crippen molar-refractivity contribution in [1.29, 1.82) is 0 Å². The summed E-state index contributed by atoms with van der Waals surface area (Å²) in [5.41, 5.74) is 1.78. The molecule has 0 aliphatic rings. The number of fused-ring (bicyclic) bond motifs is 1. The second-order valence-electron chi connectivity index (χ2n) is 3.58. The van der Waals surface area contributed by atoms with E-state index in [4.69, 9.17) is 0 Å². The van der Waals surface area contributed by atoms with E-state index in [1.54, 1.807) is 12.1 Å². The van der Waals surface area contributed by atoms with Gasteiger partial charge in [-0.25, -0.2) is 9.78 Å². The van der Waals surface area contributed by atoms with E-state index in [1.807, 2.05) is 6.07 Å². The Labute approximate surface area is 97.8 Å². The van der Waals surface area contributed by atoms with E-state index in [-0.39, 0.29) is 0 Å². The number of para-hydroxylation sites is 1. The number of H-pyrrole nitrogens is 1. The molecule has 0 fully saturated rings. The van der Waals surface area contributed by atoms with Crippen molar-refractivity contribution in [3.63, 3.8) is 0 Å². The van der Waals surface area contributed by atoms with Gasteiger partial charge >= 0.3 is 5.97 Å². The fourth-order valence-corrected chi connectivity index (χ4v) is 1.67. The number of nitrogens with one attached hydrogen (secondary N) is 1. The number of methoxy groups -OCH3 is 1. The van der Waals surface area contributed by atoms with Crippen LogP contribution in [0.3, 0.4) is 0 Å². The Hall–Kier alpha value is -2.17. The van der Waals surface area contributed by atoms with Gasteiger partial charge in [-0.05, 0) is 12.1 Å². The molecule has 17 heavy (non-hydrogen) atoms. The number of benzene rings is 1. The Morgan fingerprint density at radius 1 is 1.53 bits per heavy atom. The average Bonchev–Trinajstić information content (AvgIpc) is 2.77. The number of carbonyl (C=O) groups excluding carboxylic acids is 2. The summed E-state index contributed by atoms with van der Waals surface area (Å²) < 4.78 is 4.69. The third-order valence-corrected chi connectivity index (χ3v) is 2.47. The average molecular weight is 232 g/mol. The summed E-state index contributed by atoms with van der Waals surface area (Å²) in [5, 5.41) is 0. The first-order valence-corrected chi connectivity index (χ1v) is 5.26. The Morgan fingerprint density at radius 2 is 2.35 bits per heavy atom. The van der Waals surface area contributed by atoms with E-state index in [0.717, 1.165) is 11.8 Å². The van der Waals surface area contributed by atoms with Gasteiger partial charge in [0.2, 0.25) is 0 Å². The molecule has 5 heteroatoms. The molecule has 5 nitrogen and oxygen atoms in total. The normalized spacial score (nSPS) is 10.4. The van der Waals surface area contributed by atoms with E-state index in [2.05, 4.69) is 14.7 Å². The lowest BCUT2D eigenvalue weighted by atomic mass is 10.2. The Morgan fingerprint density at radius 3 is 3.06 bits per heavy atom. The number of rotatable bonds is 4. The van der Waals surface area contributed by atoms with E-state index in [1.165, 1.54) is 7.11 Å². The number of carbonyl (C=O) groups is 2. The summed E-state index contributed by atoms with van der Waals surface area (Å²) in [6, 6.07) is 5.26. The number of hydrogen-bond acceptors (Lipinski definition) is 4. The minimum atomic E-state index is -0.413. The maximum Gasteiger partial charge on any atom is 0.340 e. The molecule has 1 heterocycles. The monoisotopic (exact) mass is 232 g/mol. The molecule has 0 amide bonds. The van der Waals surface area contributed by atoms with E-state index < -0.39 is 5.97 Å². The molecule has 2 rings (SSSR count). The standard InChI is InChI=1S/C12H12N2O3/c1-17-12(16)8-4-2-5-9-11(8)14-10(13-9)6-3-7-15/h2,4-5,7H,3,6H2,1H3,(H,13,14). The molecule has 1 aromatic heterocycles. The lowest BCUT2D eigenvalue weighted by Crippen LogP contribution is -2.01. The van der Waals surface area contributed by atoms with Crippen molar-refractivity contribution in [2.24, 2.45) is 0 Å². The molecule has 0 unspecified atom stereocenters. The molecule has 0 aliphatic carbocycles. The van der Waals surface area contributed by atoms with Crippen LogP contribution in [0, 0.1) is 0 Å². The van der Waals surface area contributed by atoms with Gasteiger partial charge in [-0.1, -0.05) is 6.07 Å². The minimum Gasteiger partial charge on any atom is -0.465 e. The van der Waals surface area contributed by atoms with Crippen LogP contribution in [-0.4, -0.2) is 29.3 Å². The van der Waals surface area contributed by atoms with Crippen molar-refractivity contribution in [1.82, 2.24) is 9.97 Å². The van der Waals surface area contributed by atoms with E-state index in [0.29, 0.717) is 29.7 Å². The molecule has 0 saturated heterocycles. The van der Waals surface area contributed by atoms with Crippen LogP contribution in [0.2, 0.25) is 0 Å². The van der Waals surface area contributed by atoms with Crippen LogP contribution in [0.1, 0.15) is 22.6 Å². The van der Waals surface area contributed by atoms with Gasteiger partial charge in [0.15, 0.2) is 0 Å². The topological polar surface area (TPSA) is 72.1 Å². The van der Waals surface area contributed by atoms with E-state index in [9.17, 15) is 9.59 Å². The van der Waals surface area contributed by atoms with Gasteiger partial charge in [0, 0.05) is 12.8 Å². The zero-order chi connectivity index (χ0) is 12.3. The fraction of sp³-hybridized carbons (Fsp3) is 0.250. The zero-order valence-corrected chi connectivity index (χ0v) is 9.40. The highest BCUT2D eigenvalue weighted by Crippen LogP contribution is 2.17. The number of esters is 1. The summed E-state index contributed by atoms with van der Waals surface area (Å²) >= 11 is 0. The first kappa shape index (κ1) is 11.3. The molecular formula is C12H12N2O3. The predicted molar refractivity (Wildman–Crippen MR) is 61.8 cm³/mol. The molecule has 0 radical (unpaired) electrons. The molecule has 1 N–H and O–H groups in total. The highest BCUT2D eigenvalue weighted by atomic mass is 16.5. The maximum absolute atomic E-state index is 11.5. The van der Waals surface area contributed by atoms with Crippen molar-refractivity contribution in [2.75, 3.05) is 7.11 Å². The Kier molecular flexibility index (Phi) is 3.18. The number of imidazole rings is 1. The van der Waals surface area contributed by atoms with Gasteiger partial charge in [0.05, 0.1) is 18.2 Å². The molecule has 0 bridgehead atoms. The summed E-state index contributed by atoms with van der Waals surface area (Å²) in [4.78, 5) is 29.2. The highest BCUT2D eigenvalue weighted by molar-refractivity contribution is 6.01. The molecule has 1 aromatic carbocycles. The van der Waals surface area contributed by atoms with Gasteiger partial charge in [-0.3, -0.25) is 0 Å². The van der Waals surface area contributed by atoms with Crippen molar-refractivity contribution in [3.05, 3.63) is 29.6 Å². The number of aldehydes is 1. The molecule has 2 aromatic rings. The molecule has 0 saturated carbocycles. The minimum absolute atomic E-state index is 0.410. The summed E-state index contributed by atoms with van der Waals surface area (Å²) in [5.74, 6) is 0.285.